The smallest absolute Gasteiger partial charge is 0.331 e. The van der Waals surface area contributed by atoms with Crippen LogP contribution in [-0.4, -0.2) is 20.9 Å². The molecule has 0 aliphatic rings. The van der Waals surface area contributed by atoms with Crippen LogP contribution in [-0.2, 0) is 11.2 Å². The van der Waals surface area contributed by atoms with Gasteiger partial charge >= 0.3 is 5.97 Å². The van der Waals surface area contributed by atoms with E-state index < -0.39 is 27.2 Å². The Bertz CT molecular complexity index is 551. The summed E-state index contributed by atoms with van der Waals surface area (Å²) in [5.74, 6) is -1.28. The van der Waals surface area contributed by atoms with Crippen molar-refractivity contribution in [3.8, 4) is 0 Å². The van der Waals surface area contributed by atoms with Crippen LogP contribution >= 0.6 is 0 Å². The van der Waals surface area contributed by atoms with Gasteiger partial charge in [0.2, 0.25) is 0 Å². The molecule has 0 radical (unpaired) electrons. The molecule has 0 unspecified atom stereocenters. The minimum atomic E-state index is -1.28. The Kier molecular flexibility index (Phi) is 3.72. The van der Waals surface area contributed by atoms with Crippen molar-refractivity contribution in [2.45, 2.75) is 6.42 Å². The van der Waals surface area contributed by atoms with Gasteiger partial charge in [-0.1, -0.05) is 6.58 Å². The van der Waals surface area contributed by atoms with E-state index in [-0.39, 0.29) is 17.6 Å². The van der Waals surface area contributed by atoms with Crippen LogP contribution in [0.2, 0.25) is 0 Å². The molecule has 8 nitrogen and oxygen atoms in total. The lowest BCUT2D eigenvalue weighted by Gasteiger charge is -2.02. The van der Waals surface area contributed by atoms with Gasteiger partial charge in [-0.05, 0) is 6.07 Å². The van der Waals surface area contributed by atoms with Gasteiger partial charge in [-0.25, -0.2) is 4.79 Å². The molecule has 94 valence electrons. The molecule has 0 amide bonds. The van der Waals surface area contributed by atoms with Crippen molar-refractivity contribution in [2.24, 2.45) is 0 Å². The number of nitrogens with zero attached hydrogens (tertiary/aromatic N) is 2. The minimum absolute atomic E-state index is 0.0676. The zero-order chi connectivity index (χ0) is 13.9. The van der Waals surface area contributed by atoms with Crippen molar-refractivity contribution in [3.63, 3.8) is 0 Å². The normalized spacial score (nSPS) is 9.78. The van der Waals surface area contributed by atoms with Crippen molar-refractivity contribution in [2.75, 3.05) is 0 Å². The molecule has 0 saturated heterocycles. The van der Waals surface area contributed by atoms with Crippen LogP contribution in [0.25, 0.3) is 0 Å². The van der Waals surface area contributed by atoms with Crippen molar-refractivity contribution >= 4 is 17.3 Å². The van der Waals surface area contributed by atoms with Crippen LogP contribution < -0.4 is 0 Å². The summed E-state index contributed by atoms with van der Waals surface area (Å²) < 4.78 is 0. The Morgan fingerprint density at radius 2 is 1.89 bits per heavy atom. The largest absolute Gasteiger partial charge is 0.478 e. The highest BCUT2D eigenvalue weighted by Gasteiger charge is 2.20. The number of carbonyl (C=O) groups is 1. The maximum atomic E-state index is 10.8. The van der Waals surface area contributed by atoms with Crippen LogP contribution in [0, 0.1) is 20.2 Å². The van der Waals surface area contributed by atoms with E-state index in [0.717, 1.165) is 18.2 Å². The second kappa shape index (κ2) is 5.04. The van der Waals surface area contributed by atoms with E-state index in [9.17, 15) is 25.0 Å². The summed E-state index contributed by atoms with van der Waals surface area (Å²) in [6.07, 6.45) is -0.246. The van der Waals surface area contributed by atoms with Crippen LogP contribution in [0.15, 0.2) is 30.4 Å². The van der Waals surface area contributed by atoms with Crippen LogP contribution in [0.4, 0.5) is 11.4 Å². The van der Waals surface area contributed by atoms with E-state index >= 15 is 0 Å². The van der Waals surface area contributed by atoms with E-state index in [1.54, 1.807) is 0 Å². The second-order valence-corrected chi connectivity index (χ2v) is 3.41. The molecule has 0 bridgehead atoms. The van der Waals surface area contributed by atoms with E-state index in [1.165, 1.54) is 0 Å². The highest BCUT2D eigenvalue weighted by Crippen LogP contribution is 2.26. The summed E-state index contributed by atoms with van der Waals surface area (Å²) in [4.78, 5) is 30.3. The van der Waals surface area contributed by atoms with E-state index in [1.807, 2.05) is 0 Å². The predicted octanol–water partition coefficient (Wildman–Crippen LogP) is 1.69. The molecule has 1 aromatic carbocycles. The number of rotatable bonds is 5. The number of hydrogen-bond acceptors (Lipinski definition) is 5. The lowest BCUT2D eigenvalue weighted by molar-refractivity contribution is -0.394. The van der Waals surface area contributed by atoms with Crippen LogP contribution in [0.1, 0.15) is 5.56 Å². The molecule has 0 aliphatic carbocycles. The average Bonchev–Trinajstić information content (AvgIpc) is 2.28. The van der Waals surface area contributed by atoms with Gasteiger partial charge in [0, 0.05) is 23.6 Å². The molecule has 0 aromatic heterocycles. The van der Waals surface area contributed by atoms with Crippen LogP contribution in [0.5, 0.6) is 0 Å². The number of hydrogen-bond donors (Lipinski definition) is 1. The SMILES string of the molecule is C=C(Cc1ccc([N+](=O)[O-])cc1[N+](=O)[O-])C(=O)O. The third kappa shape index (κ3) is 2.88. The summed E-state index contributed by atoms with van der Waals surface area (Å²) in [6, 6.07) is 3.03. The number of nitro groups is 2. The number of non-ortho nitro benzene ring substituents is 1. The van der Waals surface area contributed by atoms with Crippen molar-refractivity contribution < 1.29 is 19.7 Å². The zero-order valence-corrected chi connectivity index (χ0v) is 9.03. The summed E-state index contributed by atoms with van der Waals surface area (Å²) in [6.45, 7) is 3.25. The van der Waals surface area contributed by atoms with E-state index in [2.05, 4.69) is 6.58 Å². The molecule has 0 atom stereocenters. The third-order valence-electron chi connectivity index (χ3n) is 2.18. The van der Waals surface area contributed by atoms with Crippen LogP contribution in [0.3, 0.4) is 0 Å². The maximum Gasteiger partial charge on any atom is 0.331 e. The quantitative estimate of drug-likeness (QED) is 0.483. The molecule has 1 rings (SSSR count). The fourth-order valence-electron chi connectivity index (χ4n) is 1.29. The first-order valence-corrected chi connectivity index (χ1v) is 4.65. The molecule has 1 N–H and O–H groups in total. The molecule has 0 saturated carbocycles. The maximum absolute atomic E-state index is 10.8. The predicted molar refractivity (Wildman–Crippen MR) is 60.2 cm³/mol. The zero-order valence-electron chi connectivity index (χ0n) is 9.03. The number of aliphatic carboxylic acids is 1. The van der Waals surface area contributed by atoms with Gasteiger partial charge in [-0.3, -0.25) is 20.2 Å². The van der Waals surface area contributed by atoms with Crippen molar-refractivity contribution in [1.29, 1.82) is 0 Å². The van der Waals surface area contributed by atoms with Gasteiger partial charge < -0.3 is 5.11 Å². The fraction of sp³-hybridized carbons (Fsp3) is 0.100. The summed E-state index contributed by atoms with van der Waals surface area (Å²) >= 11 is 0. The molecule has 18 heavy (non-hydrogen) atoms. The standard InChI is InChI=1S/C10H8N2O6/c1-6(10(13)14)4-7-2-3-8(11(15)16)5-9(7)12(17)18/h2-3,5H,1,4H2,(H,13,14). The van der Waals surface area contributed by atoms with Gasteiger partial charge in [0.1, 0.15) is 0 Å². The molecular weight excluding hydrogens is 244 g/mol. The van der Waals surface area contributed by atoms with Gasteiger partial charge in [-0.2, -0.15) is 0 Å². The van der Waals surface area contributed by atoms with Gasteiger partial charge in [0.25, 0.3) is 11.4 Å². The van der Waals surface area contributed by atoms with Gasteiger partial charge in [0.15, 0.2) is 0 Å². The first-order chi connectivity index (χ1) is 8.32. The van der Waals surface area contributed by atoms with E-state index in [0.29, 0.717) is 0 Å². The monoisotopic (exact) mass is 252 g/mol. The number of benzene rings is 1. The molecular formula is C10H8N2O6. The molecule has 8 heteroatoms. The first-order valence-electron chi connectivity index (χ1n) is 4.65. The first kappa shape index (κ1) is 13.3. The Hall–Kier alpha value is -2.77. The van der Waals surface area contributed by atoms with Crippen molar-refractivity contribution in [3.05, 3.63) is 56.1 Å². The fourth-order valence-corrected chi connectivity index (χ4v) is 1.29. The van der Waals surface area contributed by atoms with Gasteiger partial charge in [-0.15, -0.1) is 0 Å². The minimum Gasteiger partial charge on any atom is -0.478 e. The number of carboxylic acid groups (broad SMARTS) is 1. The lowest BCUT2D eigenvalue weighted by atomic mass is 10.0. The van der Waals surface area contributed by atoms with E-state index in [4.69, 9.17) is 5.11 Å². The average molecular weight is 252 g/mol. The Morgan fingerprint density at radius 1 is 1.28 bits per heavy atom. The second-order valence-electron chi connectivity index (χ2n) is 3.41. The molecule has 1 aromatic rings. The molecule has 0 heterocycles. The Balaban J connectivity index is 3.20. The van der Waals surface area contributed by atoms with Crippen molar-refractivity contribution in [1.82, 2.24) is 0 Å². The Morgan fingerprint density at radius 3 is 2.33 bits per heavy atom. The summed E-state index contributed by atoms with van der Waals surface area (Å²) in [5, 5.41) is 29.9. The number of carboxylic acids is 1. The highest BCUT2D eigenvalue weighted by molar-refractivity contribution is 5.86. The topological polar surface area (TPSA) is 124 Å². The summed E-state index contributed by atoms with van der Waals surface area (Å²) in [5.41, 5.74) is -1.08. The highest BCUT2D eigenvalue weighted by atomic mass is 16.6. The Labute approximate surface area is 100 Å². The van der Waals surface area contributed by atoms with Gasteiger partial charge in [0.05, 0.1) is 15.9 Å². The summed E-state index contributed by atoms with van der Waals surface area (Å²) in [7, 11) is 0. The third-order valence-corrected chi connectivity index (χ3v) is 2.18. The number of nitro benzene ring substituents is 2. The molecule has 0 spiro atoms. The molecule has 0 fully saturated rings. The lowest BCUT2D eigenvalue weighted by Crippen LogP contribution is -2.05. The molecule has 0 aliphatic heterocycles.